The van der Waals surface area contributed by atoms with E-state index in [1.165, 1.54) is 23.1 Å². The summed E-state index contributed by atoms with van der Waals surface area (Å²) in [5, 5.41) is 0. The van der Waals surface area contributed by atoms with Gasteiger partial charge in [-0.2, -0.15) is 0 Å². The van der Waals surface area contributed by atoms with Gasteiger partial charge in [0, 0.05) is 0 Å². The Bertz CT molecular complexity index is 163. The first kappa shape index (κ1) is 9.08. The quantitative estimate of drug-likeness (QED) is 0.384. The van der Waals surface area contributed by atoms with Gasteiger partial charge in [0.05, 0.1) is 0 Å². The van der Waals surface area contributed by atoms with Crippen molar-refractivity contribution < 1.29 is 20.3 Å². The van der Waals surface area contributed by atoms with Gasteiger partial charge in [-0.05, 0) is 32.8 Å². The average molecular weight is 116 g/mol. The Labute approximate surface area is 70.7 Å². The zero-order valence-corrected chi connectivity index (χ0v) is 6.78. The molecule has 0 heterocycles. The Hall–Kier alpha value is 0.0774. The van der Waals surface area contributed by atoms with Crippen LogP contribution in [0, 0.1) is 0 Å². The van der Waals surface area contributed by atoms with Crippen molar-refractivity contribution in [2.75, 3.05) is 0 Å². The SMILES string of the molecule is CC1=CCC(C)=C1C.[H-].[Li+]. The van der Waals surface area contributed by atoms with Crippen molar-refractivity contribution in [3.05, 3.63) is 22.8 Å². The van der Waals surface area contributed by atoms with E-state index in [1.807, 2.05) is 0 Å². The van der Waals surface area contributed by atoms with Crippen LogP contribution in [0.1, 0.15) is 28.6 Å². The predicted molar refractivity (Wildman–Crippen MR) is 37.9 cm³/mol. The molecule has 0 aromatic rings. The summed E-state index contributed by atoms with van der Waals surface area (Å²) in [5.41, 5.74) is 4.48. The van der Waals surface area contributed by atoms with Crippen molar-refractivity contribution in [2.24, 2.45) is 0 Å². The van der Waals surface area contributed by atoms with Crippen LogP contribution >= 0.6 is 0 Å². The third-order valence-electron chi connectivity index (χ3n) is 1.95. The summed E-state index contributed by atoms with van der Waals surface area (Å²) >= 11 is 0. The molecule has 0 nitrogen and oxygen atoms in total. The first-order chi connectivity index (χ1) is 3.72. The third kappa shape index (κ3) is 1.74. The Balaban J connectivity index is 0. The normalized spacial score (nSPS) is 17.4. The third-order valence-corrected chi connectivity index (χ3v) is 1.95. The first-order valence-corrected chi connectivity index (χ1v) is 3.05. The minimum atomic E-state index is 0. The summed E-state index contributed by atoms with van der Waals surface area (Å²) in [4.78, 5) is 0. The monoisotopic (exact) mass is 116 g/mol. The molecule has 0 fully saturated rings. The molecule has 0 N–H and O–H groups in total. The second kappa shape index (κ2) is 3.30. The van der Waals surface area contributed by atoms with Gasteiger partial charge in [0.15, 0.2) is 0 Å². The van der Waals surface area contributed by atoms with Gasteiger partial charge in [0.25, 0.3) is 0 Å². The van der Waals surface area contributed by atoms with E-state index < -0.39 is 0 Å². The number of hydrogen-bond donors (Lipinski definition) is 0. The van der Waals surface area contributed by atoms with Gasteiger partial charge in [-0.3, -0.25) is 0 Å². The van der Waals surface area contributed by atoms with Crippen LogP contribution in [-0.4, -0.2) is 0 Å². The van der Waals surface area contributed by atoms with Crippen LogP contribution in [0.2, 0.25) is 0 Å². The van der Waals surface area contributed by atoms with E-state index in [2.05, 4.69) is 26.8 Å². The van der Waals surface area contributed by atoms with E-state index >= 15 is 0 Å². The summed E-state index contributed by atoms with van der Waals surface area (Å²) in [6.45, 7) is 6.56. The first-order valence-electron chi connectivity index (χ1n) is 3.05. The van der Waals surface area contributed by atoms with E-state index in [9.17, 15) is 0 Å². The van der Waals surface area contributed by atoms with E-state index in [-0.39, 0.29) is 20.3 Å². The predicted octanol–water partition coefficient (Wildman–Crippen LogP) is -0.211. The van der Waals surface area contributed by atoms with Crippen LogP contribution in [0.5, 0.6) is 0 Å². The van der Waals surface area contributed by atoms with Crippen LogP contribution in [0.25, 0.3) is 0 Å². The Morgan fingerprint density at radius 1 is 1.33 bits per heavy atom. The maximum Gasteiger partial charge on any atom is 1.00 e. The Morgan fingerprint density at radius 2 is 1.89 bits per heavy atom. The van der Waals surface area contributed by atoms with E-state index in [1.54, 1.807) is 0 Å². The molecule has 1 heteroatoms. The Morgan fingerprint density at radius 3 is 2.00 bits per heavy atom. The fraction of sp³-hybridized carbons (Fsp3) is 0.500. The van der Waals surface area contributed by atoms with Gasteiger partial charge < -0.3 is 1.43 Å². The molecule has 1 aliphatic carbocycles. The zero-order chi connectivity index (χ0) is 6.15. The van der Waals surface area contributed by atoms with Crippen LogP contribution in [0.15, 0.2) is 22.8 Å². The van der Waals surface area contributed by atoms with Gasteiger partial charge in [-0.15, -0.1) is 0 Å². The van der Waals surface area contributed by atoms with Crippen LogP contribution in [-0.2, 0) is 0 Å². The molecule has 0 saturated carbocycles. The number of allylic oxidation sites excluding steroid dienone is 4. The molecule has 0 aliphatic heterocycles. The van der Waals surface area contributed by atoms with E-state index in [4.69, 9.17) is 0 Å². The second-order valence-corrected chi connectivity index (χ2v) is 2.50. The molecule has 1 aliphatic rings. The number of hydrogen-bond acceptors (Lipinski definition) is 0. The van der Waals surface area contributed by atoms with Gasteiger partial charge in [0.2, 0.25) is 0 Å². The van der Waals surface area contributed by atoms with Crippen molar-refractivity contribution in [3.63, 3.8) is 0 Å². The topological polar surface area (TPSA) is 0 Å². The molecule has 1 rings (SSSR count). The summed E-state index contributed by atoms with van der Waals surface area (Å²) < 4.78 is 0. The van der Waals surface area contributed by atoms with Crippen LogP contribution in [0.4, 0.5) is 0 Å². The minimum absolute atomic E-state index is 0. The largest absolute Gasteiger partial charge is 1.00 e. The molecule has 46 valence electrons. The van der Waals surface area contributed by atoms with Crippen molar-refractivity contribution >= 4 is 0 Å². The fourth-order valence-corrected chi connectivity index (χ4v) is 0.949. The molecule has 0 unspecified atom stereocenters. The van der Waals surface area contributed by atoms with E-state index in [0.29, 0.717) is 0 Å². The maximum atomic E-state index is 2.28. The fourth-order valence-electron chi connectivity index (χ4n) is 0.949. The molecule has 0 bridgehead atoms. The van der Waals surface area contributed by atoms with E-state index in [0.717, 1.165) is 0 Å². The molecule has 0 radical (unpaired) electrons. The molecular formula is C8H13Li. The molecule has 0 amide bonds. The molecular weight excluding hydrogens is 103 g/mol. The van der Waals surface area contributed by atoms with Gasteiger partial charge in [0.1, 0.15) is 0 Å². The van der Waals surface area contributed by atoms with Gasteiger partial charge in [-0.25, -0.2) is 0 Å². The Kier molecular flexibility index (Phi) is 3.33. The molecule has 0 saturated heterocycles. The van der Waals surface area contributed by atoms with Crippen molar-refractivity contribution in [1.29, 1.82) is 0 Å². The van der Waals surface area contributed by atoms with Crippen molar-refractivity contribution in [3.8, 4) is 0 Å². The van der Waals surface area contributed by atoms with Crippen LogP contribution < -0.4 is 18.9 Å². The average Bonchev–Trinajstić information content (AvgIpc) is 1.98. The van der Waals surface area contributed by atoms with Gasteiger partial charge in [-0.1, -0.05) is 17.2 Å². The van der Waals surface area contributed by atoms with Gasteiger partial charge >= 0.3 is 18.9 Å². The number of rotatable bonds is 0. The summed E-state index contributed by atoms with van der Waals surface area (Å²) in [6.07, 6.45) is 3.46. The maximum absolute atomic E-state index is 2.28. The molecule has 0 atom stereocenters. The zero-order valence-electron chi connectivity index (χ0n) is 7.78. The van der Waals surface area contributed by atoms with Crippen LogP contribution in [0.3, 0.4) is 0 Å². The molecule has 0 aromatic carbocycles. The van der Waals surface area contributed by atoms with Crippen molar-refractivity contribution in [2.45, 2.75) is 27.2 Å². The molecule has 0 spiro atoms. The second-order valence-electron chi connectivity index (χ2n) is 2.50. The molecule has 9 heavy (non-hydrogen) atoms. The summed E-state index contributed by atoms with van der Waals surface area (Å²) in [7, 11) is 0. The summed E-state index contributed by atoms with van der Waals surface area (Å²) in [5.74, 6) is 0. The standard InChI is InChI=1S/C8H12.Li.H/c1-6-4-5-7(2)8(6)3;;/h4H,5H2,1-3H3;;/q;+1;-1. The minimum Gasteiger partial charge on any atom is -1.00 e. The smallest absolute Gasteiger partial charge is 1.00 e. The summed E-state index contributed by atoms with van der Waals surface area (Å²) in [6, 6.07) is 0. The molecule has 0 aromatic heterocycles. The van der Waals surface area contributed by atoms with Crippen molar-refractivity contribution in [1.82, 2.24) is 0 Å².